The molecular weight excluding hydrogens is 168 g/mol. The van der Waals surface area contributed by atoms with E-state index in [1.807, 2.05) is 11.8 Å². The summed E-state index contributed by atoms with van der Waals surface area (Å²) in [7, 11) is 0. The summed E-state index contributed by atoms with van der Waals surface area (Å²) in [5.74, 6) is 2.95. The van der Waals surface area contributed by atoms with Crippen LogP contribution in [0.2, 0.25) is 0 Å². The van der Waals surface area contributed by atoms with E-state index in [-0.39, 0.29) is 12.4 Å². The molecule has 0 aromatic carbocycles. The molecule has 1 atom stereocenters. The summed E-state index contributed by atoms with van der Waals surface area (Å²) in [6.45, 7) is 2.12. The molecule has 2 N–H and O–H groups in total. The summed E-state index contributed by atoms with van der Waals surface area (Å²) in [4.78, 5) is 0. The molecule has 4 heteroatoms. The maximum absolute atomic E-state index is 7.33. The molecule has 2 nitrogen and oxygen atoms in total. The van der Waals surface area contributed by atoms with Crippen molar-refractivity contribution in [2.45, 2.75) is 19.4 Å². The van der Waals surface area contributed by atoms with Gasteiger partial charge in [-0.15, -0.1) is 12.4 Å². The number of thioether (sulfide) groups is 1. The zero-order valence-electron chi connectivity index (χ0n) is 6.02. The molecule has 0 aromatic heterocycles. The summed E-state index contributed by atoms with van der Waals surface area (Å²) in [6, 6.07) is 0.491. The van der Waals surface area contributed by atoms with Gasteiger partial charge in [-0.1, -0.05) is 0 Å². The van der Waals surface area contributed by atoms with Gasteiger partial charge in [-0.05, 0) is 6.92 Å². The zero-order chi connectivity index (χ0) is 6.69. The minimum absolute atomic E-state index is 0. The Hall–Kier alpha value is 0.110. The van der Waals surface area contributed by atoms with Gasteiger partial charge in [0.05, 0.1) is 5.84 Å². The molecule has 1 unspecified atom stereocenters. The molecule has 1 rings (SSSR count). The van der Waals surface area contributed by atoms with Crippen LogP contribution in [-0.4, -0.2) is 23.4 Å². The highest BCUT2D eigenvalue weighted by molar-refractivity contribution is 7.99. The van der Waals surface area contributed by atoms with Crippen LogP contribution in [0, 0.1) is 5.41 Å². The maximum Gasteiger partial charge on any atom is 0.0942 e. The first kappa shape index (κ1) is 10.1. The maximum atomic E-state index is 7.33. The van der Waals surface area contributed by atoms with Crippen LogP contribution in [0.3, 0.4) is 0 Å². The van der Waals surface area contributed by atoms with E-state index in [9.17, 15) is 0 Å². The van der Waals surface area contributed by atoms with Gasteiger partial charge in [0.1, 0.15) is 0 Å². The number of halogens is 1. The van der Waals surface area contributed by atoms with E-state index in [0.29, 0.717) is 11.9 Å². The summed E-state index contributed by atoms with van der Waals surface area (Å²) < 4.78 is 0. The average Bonchev–Trinajstić information content (AvgIpc) is 1.93. The van der Waals surface area contributed by atoms with Gasteiger partial charge in [-0.2, -0.15) is 11.8 Å². The Kier molecular flexibility index (Phi) is 4.91. The molecule has 1 heterocycles. The van der Waals surface area contributed by atoms with E-state index in [1.165, 1.54) is 0 Å². The van der Waals surface area contributed by atoms with E-state index >= 15 is 0 Å². The van der Waals surface area contributed by atoms with Gasteiger partial charge < -0.3 is 5.32 Å². The number of hydrogen-bond acceptors (Lipinski definition) is 2. The minimum atomic E-state index is 0. The van der Waals surface area contributed by atoms with Crippen molar-refractivity contribution in [1.29, 1.82) is 5.41 Å². The van der Waals surface area contributed by atoms with Crippen LogP contribution in [0.1, 0.15) is 13.3 Å². The lowest BCUT2D eigenvalue weighted by atomic mass is 10.3. The topological polar surface area (TPSA) is 35.9 Å². The highest BCUT2D eigenvalue weighted by Crippen LogP contribution is 2.08. The normalized spacial score (nSPS) is 26.1. The van der Waals surface area contributed by atoms with Crippen LogP contribution < -0.4 is 5.32 Å². The molecule has 0 aliphatic carbocycles. The van der Waals surface area contributed by atoms with Gasteiger partial charge in [0.15, 0.2) is 0 Å². The molecule has 0 spiro atoms. The third-order valence-electron chi connectivity index (χ3n) is 1.28. The molecule has 1 fully saturated rings. The standard InChI is InChI=1S/C6H12N2S.ClH/c1-5-4-9-3-2-6(7)8-5;/h5H,2-4H2,1H3,(H2,7,8);1H. The van der Waals surface area contributed by atoms with Crippen molar-refractivity contribution < 1.29 is 0 Å². The lowest BCUT2D eigenvalue weighted by Gasteiger charge is -2.08. The molecule has 0 amide bonds. The van der Waals surface area contributed by atoms with Crippen molar-refractivity contribution in [3.8, 4) is 0 Å². The second-order valence-electron chi connectivity index (χ2n) is 2.35. The quantitative estimate of drug-likeness (QED) is 0.593. The fourth-order valence-corrected chi connectivity index (χ4v) is 1.80. The molecule has 0 bridgehead atoms. The SMILES string of the molecule is CC1CSCCC(=N)N1.Cl. The van der Waals surface area contributed by atoms with E-state index in [2.05, 4.69) is 12.2 Å². The number of amidine groups is 1. The Bertz CT molecular complexity index is 118. The Labute approximate surface area is 72.1 Å². The van der Waals surface area contributed by atoms with Crippen molar-refractivity contribution >= 4 is 30.0 Å². The highest BCUT2D eigenvalue weighted by Gasteiger charge is 2.08. The predicted octanol–water partition coefficient (Wildman–Crippen LogP) is 1.50. The highest BCUT2D eigenvalue weighted by atomic mass is 35.5. The third-order valence-corrected chi connectivity index (χ3v) is 2.51. The van der Waals surface area contributed by atoms with E-state index < -0.39 is 0 Å². The van der Waals surface area contributed by atoms with E-state index in [1.54, 1.807) is 0 Å². The van der Waals surface area contributed by atoms with Crippen LogP contribution in [0.4, 0.5) is 0 Å². The van der Waals surface area contributed by atoms with Crippen molar-refractivity contribution in [2.75, 3.05) is 11.5 Å². The van der Waals surface area contributed by atoms with Crippen molar-refractivity contribution in [3.05, 3.63) is 0 Å². The van der Waals surface area contributed by atoms with Gasteiger partial charge in [0.2, 0.25) is 0 Å². The first-order chi connectivity index (χ1) is 4.29. The van der Waals surface area contributed by atoms with Crippen LogP contribution in [-0.2, 0) is 0 Å². The smallest absolute Gasteiger partial charge is 0.0942 e. The molecular formula is C6H13ClN2S. The Morgan fingerprint density at radius 2 is 2.40 bits per heavy atom. The van der Waals surface area contributed by atoms with Crippen molar-refractivity contribution in [1.82, 2.24) is 5.32 Å². The fourth-order valence-electron chi connectivity index (χ4n) is 0.846. The number of hydrogen-bond donors (Lipinski definition) is 2. The second kappa shape index (κ2) is 4.85. The van der Waals surface area contributed by atoms with Crippen LogP contribution >= 0.6 is 24.2 Å². The summed E-state index contributed by atoms with van der Waals surface area (Å²) in [6.07, 6.45) is 0.912. The van der Waals surface area contributed by atoms with Gasteiger partial charge in [-0.25, -0.2) is 0 Å². The van der Waals surface area contributed by atoms with Crippen LogP contribution in [0.15, 0.2) is 0 Å². The molecule has 0 radical (unpaired) electrons. The van der Waals surface area contributed by atoms with Gasteiger partial charge in [0, 0.05) is 24.0 Å². The summed E-state index contributed by atoms with van der Waals surface area (Å²) in [5, 5.41) is 10.4. The second-order valence-corrected chi connectivity index (χ2v) is 3.50. The molecule has 1 aliphatic heterocycles. The zero-order valence-corrected chi connectivity index (χ0v) is 7.65. The molecule has 10 heavy (non-hydrogen) atoms. The van der Waals surface area contributed by atoms with E-state index in [0.717, 1.165) is 17.9 Å². The Morgan fingerprint density at radius 1 is 1.70 bits per heavy atom. The molecule has 60 valence electrons. The Morgan fingerprint density at radius 3 is 3.10 bits per heavy atom. The molecule has 1 saturated heterocycles. The number of nitrogens with one attached hydrogen (secondary N) is 2. The Balaban J connectivity index is 0.000000810. The lowest BCUT2D eigenvalue weighted by molar-refractivity contribution is 0.738. The average molecular weight is 181 g/mol. The van der Waals surface area contributed by atoms with Gasteiger partial charge in [0.25, 0.3) is 0 Å². The lowest BCUT2D eigenvalue weighted by Crippen LogP contribution is -2.31. The van der Waals surface area contributed by atoms with Crippen molar-refractivity contribution in [3.63, 3.8) is 0 Å². The molecule has 1 aliphatic rings. The molecule has 0 saturated carbocycles. The van der Waals surface area contributed by atoms with Gasteiger partial charge >= 0.3 is 0 Å². The summed E-state index contributed by atoms with van der Waals surface area (Å²) in [5.41, 5.74) is 0. The first-order valence-electron chi connectivity index (χ1n) is 3.21. The largest absolute Gasteiger partial charge is 0.371 e. The van der Waals surface area contributed by atoms with Gasteiger partial charge in [-0.3, -0.25) is 5.41 Å². The van der Waals surface area contributed by atoms with Crippen molar-refractivity contribution in [2.24, 2.45) is 0 Å². The van der Waals surface area contributed by atoms with Crippen LogP contribution in [0.25, 0.3) is 0 Å². The summed E-state index contributed by atoms with van der Waals surface area (Å²) >= 11 is 1.92. The van der Waals surface area contributed by atoms with Crippen LogP contribution in [0.5, 0.6) is 0 Å². The first-order valence-corrected chi connectivity index (χ1v) is 4.36. The minimum Gasteiger partial charge on any atom is -0.371 e. The fraction of sp³-hybridized carbons (Fsp3) is 0.833. The molecule has 0 aromatic rings. The predicted molar refractivity (Wildman–Crippen MR) is 49.5 cm³/mol. The monoisotopic (exact) mass is 180 g/mol. The number of rotatable bonds is 0. The third kappa shape index (κ3) is 3.32. The van der Waals surface area contributed by atoms with E-state index in [4.69, 9.17) is 5.41 Å².